The average molecular weight is 548 g/mol. The fourth-order valence-electron chi connectivity index (χ4n) is 4.34. The molecule has 0 aliphatic heterocycles. The molecule has 0 atom stereocenters. The molecule has 0 N–H and O–H groups in total. The van der Waals surface area contributed by atoms with E-state index in [-0.39, 0.29) is 16.2 Å². The Hall–Kier alpha value is -4.89. The topological polar surface area (TPSA) is 91.4 Å². The molecule has 3 aromatic heterocycles. The second-order valence-corrected chi connectivity index (χ2v) is 10.2. The summed E-state index contributed by atoms with van der Waals surface area (Å²) in [7, 11) is 0. The molecule has 6 aromatic rings. The number of aromatic nitrogens is 5. The van der Waals surface area contributed by atoms with Crippen molar-refractivity contribution in [3.63, 3.8) is 0 Å². The van der Waals surface area contributed by atoms with Crippen LogP contribution in [0.3, 0.4) is 0 Å². The van der Waals surface area contributed by atoms with Crippen LogP contribution in [-0.2, 0) is 6.42 Å². The summed E-state index contributed by atoms with van der Waals surface area (Å²) >= 11 is 1.13. The molecule has 0 unspecified atom stereocenters. The molecule has 0 aliphatic carbocycles. The Bertz CT molecular complexity index is 1950. The van der Waals surface area contributed by atoms with E-state index < -0.39 is 5.56 Å². The van der Waals surface area contributed by atoms with Crippen LogP contribution in [0.1, 0.15) is 30.2 Å². The van der Waals surface area contributed by atoms with Crippen LogP contribution in [0, 0.1) is 0 Å². The molecule has 198 valence electrons. The van der Waals surface area contributed by atoms with E-state index in [2.05, 4.69) is 17.0 Å². The number of para-hydroxylation sites is 1. The summed E-state index contributed by atoms with van der Waals surface area (Å²) in [6.07, 6.45) is 4.91. The molecule has 0 saturated carbocycles. The lowest BCUT2D eigenvalue weighted by molar-refractivity contribution is 0.317. The molecular weight excluding hydrogens is 522 g/mol. The summed E-state index contributed by atoms with van der Waals surface area (Å²) in [6, 6.07) is 27.1. The van der Waals surface area contributed by atoms with E-state index in [4.69, 9.17) is 9.84 Å². The van der Waals surface area contributed by atoms with E-state index in [9.17, 15) is 9.59 Å². The zero-order valence-corrected chi connectivity index (χ0v) is 22.5. The lowest BCUT2D eigenvalue weighted by Gasteiger charge is -2.05. The number of hydrogen-bond acceptors (Lipinski definition) is 7. The van der Waals surface area contributed by atoms with Crippen molar-refractivity contribution < 1.29 is 4.74 Å². The van der Waals surface area contributed by atoms with Gasteiger partial charge in [0.15, 0.2) is 0 Å². The van der Waals surface area contributed by atoms with Crippen LogP contribution in [0.4, 0.5) is 0 Å². The van der Waals surface area contributed by atoms with Crippen molar-refractivity contribution in [2.75, 3.05) is 6.61 Å². The van der Waals surface area contributed by atoms with Gasteiger partial charge < -0.3 is 4.74 Å². The van der Waals surface area contributed by atoms with Crippen LogP contribution in [0.15, 0.2) is 101 Å². The van der Waals surface area contributed by atoms with Gasteiger partial charge in [-0.1, -0.05) is 66.8 Å². The Morgan fingerprint density at radius 2 is 1.62 bits per heavy atom. The first kappa shape index (κ1) is 25.4. The van der Waals surface area contributed by atoms with Crippen molar-refractivity contribution in [2.45, 2.75) is 19.8 Å². The third-order valence-corrected chi connectivity index (χ3v) is 7.27. The maximum Gasteiger partial charge on any atom is 0.296 e. The molecule has 0 bridgehead atoms. The maximum absolute atomic E-state index is 13.4. The zero-order chi connectivity index (χ0) is 27.5. The fraction of sp³-hybridized carbons (Fsp3) is 0.129. The summed E-state index contributed by atoms with van der Waals surface area (Å²) in [5, 5.41) is 9.24. The molecule has 6 rings (SSSR count). The quantitative estimate of drug-likeness (QED) is 0.282. The molecule has 8 nitrogen and oxygen atoms in total. The Balaban J connectivity index is 1.45. The van der Waals surface area contributed by atoms with Gasteiger partial charge in [-0.05, 0) is 54.5 Å². The Labute approximate surface area is 233 Å². The maximum atomic E-state index is 13.4. The molecule has 3 heterocycles. The van der Waals surface area contributed by atoms with Gasteiger partial charge in [-0.15, -0.1) is 0 Å². The molecule has 3 aromatic carbocycles. The highest BCUT2D eigenvalue weighted by atomic mass is 32.1. The molecule has 0 fully saturated rings. The van der Waals surface area contributed by atoms with Crippen LogP contribution >= 0.6 is 11.3 Å². The normalized spacial score (nSPS) is 11.8. The Kier molecular flexibility index (Phi) is 7.03. The van der Waals surface area contributed by atoms with Crippen LogP contribution in [0.25, 0.3) is 28.0 Å². The van der Waals surface area contributed by atoms with Crippen LogP contribution < -0.4 is 20.4 Å². The summed E-state index contributed by atoms with van der Waals surface area (Å²) in [4.78, 5) is 30.5. The van der Waals surface area contributed by atoms with Gasteiger partial charge in [0.1, 0.15) is 17.1 Å². The van der Waals surface area contributed by atoms with E-state index in [0.717, 1.165) is 45.9 Å². The van der Waals surface area contributed by atoms with E-state index in [1.54, 1.807) is 10.8 Å². The van der Waals surface area contributed by atoms with Gasteiger partial charge in [0.25, 0.3) is 11.1 Å². The number of hydrogen-bond donors (Lipinski definition) is 0. The van der Waals surface area contributed by atoms with E-state index in [1.807, 2.05) is 91.1 Å². The second-order valence-electron chi connectivity index (χ2n) is 9.22. The van der Waals surface area contributed by atoms with Crippen molar-refractivity contribution in [1.82, 2.24) is 24.4 Å². The number of rotatable bonds is 8. The molecule has 40 heavy (non-hydrogen) atoms. The minimum absolute atomic E-state index is 0.230. The largest absolute Gasteiger partial charge is 0.494 e. The first-order chi connectivity index (χ1) is 19.6. The standard InChI is InChI=1S/C31H25N5O3S/c1-2-17-39-25-15-13-22(14-16-25)28-23(20-35(34-28)24-11-7-4-8-12-24)19-27-30(38)36-31(40-27)32-29(37)26(33-36)18-21-9-5-3-6-10-21/h3-16,19-20H,2,17-18H2,1H3/b27-19-. The second kappa shape index (κ2) is 11.1. The van der Waals surface area contributed by atoms with E-state index >= 15 is 0 Å². The first-order valence-electron chi connectivity index (χ1n) is 13.0. The number of nitrogens with zero attached hydrogens (tertiary/aromatic N) is 5. The zero-order valence-electron chi connectivity index (χ0n) is 21.7. The minimum atomic E-state index is -0.431. The van der Waals surface area contributed by atoms with Crippen molar-refractivity contribution in [2.24, 2.45) is 0 Å². The van der Waals surface area contributed by atoms with Gasteiger partial charge in [-0.25, -0.2) is 4.68 Å². The minimum Gasteiger partial charge on any atom is -0.494 e. The number of thiazole rings is 1. The van der Waals surface area contributed by atoms with Crippen molar-refractivity contribution in [1.29, 1.82) is 0 Å². The van der Waals surface area contributed by atoms with E-state index in [1.165, 1.54) is 4.52 Å². The van der Waals surface area contributed by atoms with Crippen molar-refractivity contribution in [3.8, 4) is 22.7 Å². The van der Waals surface area contributed by atoms with Gasteiger partial charge in [0.2, 0.25) is 4.96 Å². The summed E-state index contributed by atoms with van der Waals surface area (Å²) < 4.78 is 9.16. The highest BCUT2D eigenvalue weighted by Gasteiger charge is 2.15. The first-order valence-corrected chi connectivity index (χ1v) is 13.8. The van der Waals surface area contributed by atoms with E-state index in [0.29, 0.717) is 23.3 Å². The molecule has 0 radical (unpaired) electrons. The van der Waals surface area contributed by atoms with Gasteiger partial charge in [-0.3, -0.25) is 9.59 Å². The predicted molar refractivity (Wildman–Crippen MR) is 156 cm³/mol. The lowest BCUT2D eigenvalue weighted by Crippen LogP contribution is -2.28. The summed E-state index contributed by atoms with van der Waals surface area (Å²) in [6.45, 7) is 2.72. The summed E-state index contributed by atoms with van der Waals surface area (Å²) in [5.74, 6) is 0.790. The summed E-state index contributed by atoms with van der Waals surface area (Å²) in [5.41, 5.74) is 3.63. The average Bonchev–Trinajstić information content (AvgIpc) is 3.54. The van der Waals surface area contributed by atoms with Crippen LogP contribution in [-0.4, -0.2) is 31.0 Å². The van der Waals surface area contributed by atoms with Gasteiger partial charge in [-0.2, -0.15) is 19.7 Å². The predicted octanol–water partition coefficient (Wildman–Crippen LogP) is 4.29. The Morgan fingerprint density at radius 1 is 0.900 bits per heavy atom. The monoisotopic (exact) mass is 547 g/mol. The highest BCUT2D eigenvalue weighted by molar-refractivity contribution is 7.15. The SMILES string of the molecule is CCCOc1ccc(-c2nn(-c3ccccc3)cc2/C=c2\sc3nc(=O)c(Cc4ccccc4)nn3c2=O)cc1. The number of ether oxygens (including phenoxy) is 1. The van der Waals surface area contributed by atoms with Crippen molar-refractivity contribution in [3.05, 3.63) is 133 Å². The van der Waals surface area contributed by atoms with Gasteiger partial charge in [0.05, 0.1) is 16.8 Å². The third kappa shape index (κ3) is 5.19. The molecule has 0 saturated heterocycles. The molecule has 0 spiro atoms. The van der Waals surface area contributed by atoms with Gasteiger partial charge >= 0.3 is 0 Å². The number of fused-ring (bicyclic) bond motifs is 1. The fourth-order valence-corrected chi connectivity index (χ4v) is 5.24. The van der Waals surface area contributed by atoms with Crippen LogP contribution in [0.2, 0.25) is 0 Å². The number of benzene rings is 3. The lowest BCUT2D eigenvalue weighted by atomic mass is 10.1. The molecule has 0 aliphatic rings. The van der Waals surface area contributed by atoms with Crippen LogP contribution in [0.5, 0.6) is 5.75 Å². The van der Waals surface area contributed by atoms with Crippen molar-refractivity contribution >= 4 is 22.4 Å². The smallest absolute Gasteiger partial charge is 0.296 e. The third-order valence-electron chi connectivity index (χ3n) is 6.32. The van der Waals surface area contributed by atoms with Gasteiger partial charge in [0, 0.05) is 23.7 Å². The highest BCUT2D eigenvalue weighted by Crippen LogP contribution is 2.26. The Morgan fingerprint density at radius 3 is 2.35 bits per heavy atom. The molecular formula is C31H25N5O3S. The molecule has 0 amide bonds. The molecule has 9 heteroatoms.